The number of hydrogen-bond donors (Lipinski definition) is 2. The standard InChI is InChI=1S/C12H18N2O2S/c1-14-12(11(13)15)5-4-10(7-12)17-8-9-3-2-6-16-9/h2-3,6,10,14H,4-5,7-8H2,1H3,(H2,13,15). The molecule has 1 amide bonds. The SMILES string of the molecule is CNC1(C(N)=O)CCC(SCc2ccco2)C1. The Morgan fingerprint density at radius 3 is 3.12 bits per heavy atom. The largest absolute Gasteiger partial charge is 0.468 e. The van der Waals surface area contributed by atoms with Crippen LogP contribution in [0.2, 0.25) is 0 Å². The Morgan fingerprint density at radius 2 is 2.59 bits per heavy atom. The van der Waals surface area contributed by atoms with Crippen molar-refractivity contribution in [1.29, 1.82) is 0 Å². The molecule has 4 nitrogen and oxygen atoms in total. The summed E-state index contributed by atoms with van der Waals surface area (Å²) in [5.41, 5.74) is 4.97. The maximum atomic E-state index is 11.5. The van der Waals surface area contributed by atoms with E-state index in [9.17, 15) is 4.79 Å². The van der Waals surface area contributed by atoms with Crippen LogP contribution in [0.3, 0.4) is 0 Å². The molecule has 1 aliphatic rings. The van der Waals surface area contributed by atoms with Gasteiger partial charge in [-0.2, -0.15) is 11.8 Å². The lowest BCUT2D eigenvalue weighted by Gasteiger charge is -2.24. The van der Waals surface area contributed by atoms with Crippen molar-refractivity contribution < 1.29 is 9.21 Å². The van der Waals surface area contributed by atoms with E-state index in [1.807, 2.05) is 30.9 Å². The first-order chi connectivity index (χ1) is 8.16. The maximum absolute atomic E-state index is 11.5. The van der Waals surface area contributed by atoms with Crippen LogP contribution in [0.25, 0.3) is 0 Å². The molecule has 1 aromatic heterocycles. The molecule has 0 aliphatic heterocycles. The molecule has 2 rings (SSSR count). The summed E-state index contributed by atoms with van der Waals surface area (Å²) in [6, 6.07) is 3.87. The van der Waals surface area contributed by atoms with Gasteiger partial charge in [0.1, 0.15) is 5.76 Å². The number of hydrogen-bond acceptors (Lipinski definition) is 4. The van der Waals surface area contributed by atoms with Crippen LogP contribution in [0.1, 0.15) is 25.0 Å². The highest BCUT2D eigenvalue weighted by Gasteiger charge is 2.42. The van der Waals surface area contributed by atoms with Gasteiger partial charge in [0.25, 0.3) is 0 Å². The summed E-state index contributed by atoms with van der Waals surface area (Å²) < 4.78 is 5.29. The summed E-state index contributed by atoms with van der Waals surface area (Å²) in [7, 11) is 1.81. The van der Waals surface area contributed by atoms with Crippen LogP contribution in [0, 0.1) is 0 Å². The zero-order valence-corrected chi connectivity index (χ0v) is 10.8. The lowest BCUT2D eigenvalue weighted by molar-refractivity contribution is -0.124. The smallest absolute Gasteiger partial charge is 0.237 e. The number of carbonyl (C=O) groups is 1. The number of rotatable bonds is 5. The van der Waals surface area contributed by atoms with Crippen LogP contribution < -0.4 is 11.1 Å². The third-order valence-electron chi connectivity index (χ3n) is 3.46. The Hall–Kier alpha value is -0.940. The predicted octanol–water partition coefficient (Wildman–Crippen LogP) is 1.51. The lowest BCUT2D eigenvalue weighted by Crippen LogP contribution is -2.52. The monoisotopic (exact) mass is 254 g/mol. The summed E-state index contributed by atoms with van der Waals surface area (Å²) in [6.45, 7) is 0. The van der Waals surface area contributed by atoms with E-state index in [4.69, 9.17) is 10.2 Å². The highest BCUT2D eigenvalue weighted by Crippen LogP contribution is 2.38. The fourth-order valence-corrected chi connectivity index (χ4v) is 3.56. The van der Waals surface area contributed by atoms with Crippen LogP contribution >= 0.6 is 11.8 Å². The number of furan rings is 1. The summed E-state index contributed by atoms with van der Waals surface area (Å²) in [6.07, 6.45) is 4.35. The van der Waals surface area contributed by atoms with Crippen molar-refractivity contribution in [2.75, 3.05) is 7.05 Å². The molecule has 0 saturated heterocycles. The number of thioether (sulfide) groups is 1. The van der Waals surface area contributed by atoms with Crippen LogP contribution in [0.4, 0.5) is 0 Å². The van der Waals surface area contributed by atoms with Gasteiger partial charge in [0.2, 0.25) is 5.91 Å². The van der Waals surface area contributed by atoms with Gasteiger partial charge in [-0.25, -0.2) is 0 Å². The lowest BCUT2D eigenvalue weighted by atomic mass is 9.97. The van der Waals surface area contributed by atoms with Crippen molar-refractivity contribution in [1.82, 2.24) is 5.32 Å². The molecule has 5 heteroatoms. The third-order valence-corrected chi connectivity index (χ3v) is 4.79. The Labute approximate surface area is 105 Å². The van der Waals surface area contributed by atoms with E-state index in [2.05, 4.69) is 5.32 Å². The molecular formula is C12H18N2O2S. The van der Waals surface area contributed by atoms with Gasteiger partial charge in [0.15, 0.2) is 0 Å². The molecule has 1 saturated carbocycles. The maximum Gasteiger partial charge on any atom is 0.237 e. The predicted molar refractivity (Wildman–Crippen MR) is 68.6 cm³/mol. The van der Waals surface area contributed by atoms with E-state index in [1.54, 1.807) is 6.26 Å². The zero-order chi connectivity index (χ0) is 12.3. The Morgan fingerprint density at radius 1 is 1.76 bits per heavy atom. The van der Waals surface area contributed by atoms with Crippen molar-refractivity contribution in [2.24, 2.45) is 5.73 Å². The molecule has 1 heterocycles. The summed E-state index contributed by atoms with van der Waals surface area (Å²) in [5.74, 6) is 1.60. The average Bonchev–Trinajstić information content (AvgIpc) is 2.96. The van der Waals surface area contributed by atoms with Gasteiger partial charge in [0.05, 0.1) is 17.6 Å². The van der Waals surface area contributed by atoms with E-state index in [0.717, 1.165) is 30.8 Å². The molecule has 0 aromatic carbocycles. The molecular weight excluding hydrogens is 236 g/mol. The van der Waals surface area contributed by atoms with Gasteiger partial charge in [-0.3, -0.25) is 4.79 Å². The second-order valence-corrected chi connectivity index (χ2v) is 5.74. The summed E-state index contributed by atoms with van der Waals surface area (Å²) in [4.78, 5) is 11.5. The van der Waals surface area contributed by atoms with E-state index in [1.165, 1.54) is 0 Å². The van der Waals surface area contributed by atoms with Crippen LogP contribution in [0.5, 0.6) is 0 Å². The molecule has 1 aromatic rings. The number of nitrogens with one attached hydrogen (secondary N) is 1. The van der Waals surface area contributed by atoms with Crippen molar-refractivity contribution >= 4 is 17.7 Å². The molecule has 2 unspecified atom stereocenters. The van der Waals surface area contributed by atoms with Crippen molar-refractivity contribution in [3.8, 4) is 0 Å². The molecule has 94 valence electrons. The molecule has 17 heavy (non-hydrogen) atoms. The Kier molecular flexibility index (Phi) is 3.79. The number of nitrogens with two attached hydrogens (primary N) is 1. The Balaban J connectivity index is 1.87. The topological polar surface area (TPSA) is 68.3 Å². The van der Waals surface area contributed by atoms with Gasteiger partial charge in [-0.1, -0.05) is 0 Å². The third kappa shape index (κ3) is 2.66. The van der Waals surface area contributed by atoms with Gasteiger partial charge in [0, 0.05) is 5.25 Å². The first-order valence-corrected chi connectivity index (χ1v) is 6.84. The van der Waals surface area contributed by atoms with Crippen LogP contribution in [-0.4, -0.2) is 23.7 Å². The minimum absolute atomic E-state index is 0.235. The average molecular weight is 254 g/mol. The van der Waals surface area contributed by atoms with E-state index in [0.29, 0.717) is 5.25 Å². The zero-order valence-electron chi connectivity index (χ0n) is 9.94. The highest BCUT2D eigenvalue weighted by molar-refractivity contribution is 7.99. The molecule has 0 radical (unpaired) electrons. The molecule has 0 bridgehead atoms. The first-order valence-electron chi connectivity index (χ1n) is 5.79. The quantitative estimate of drug-likeness (QED) is 0.835. The number of amides is 1. The minimum Gasteiger partial charge on any atom is -0.468 e. The summed E-state index contributed by atoms with van der Waals surface area (Å²) in [5, 5.41) is 3.56. The van der Waals surface area contributed by atoms with Crippen LogP contribution in [-0.2, 0) is 10.5 Å². The minimum atomic E-state index is -0.499. The molecule has 2 atom stereocenters. The number of likely N-dealkylation sites (N-methyl/N-ethyl adjacent to an activating group) is 1. The fourth-order valence-electron chi connectivity index (χ4n) is 2.31. The molecule has 0 spiro atoms. The second-order valence-electron chi connectivity index (χ2n) is 4.45. The molecule has 3 N–H and O–H groups in total. The fraction of sp³-hybridized carbons (Fsp3) is 0.583. The normalized spacial score (nSPS) is 28.4. The molecule has 1 fully saturated rings. The van der Waals surface area contributed by atoms with E-state index < -0.39 is 5.54 Å². The van der Waals surface area contributed by atoms with Gasteiger partial charge in [-0.15, -0.1) is 0 Å². The van der Waals surface area contributed by atoms with Crippen LogP contribution in [0.15, 0.2) is 22.8 Å². The number of carbonyl (C=O) groups excluding carboxylic acids is 1. The first kappa shape index (κ1) is 12.5. The Bertz CT molecular complexity index is 380. The van der Waals surface area contributed by atoms with Gasteiger partial charge >= 0.3 is 0 Å². The van der Waals surface area contributed by atoms with E-state index in [-0.39, 0.29) is 5.91 Å². The number of primary amides is 1. The van der Waals surface area contributed by atoms with Gasteiger partial charge < -0.3 is 15.5 Å². The second kappa shape index (κ2) is 5.14. The van der Waals surface area contributed by atoms with Crippen molar-refractivity contribution in [2.45, 2.75) is 35.8 Å². The summed E-state index contributed by atoms with van der Waals surface area (Å²) >= 11 is 1.84. The highest BCUT2D eigenvalue weighted by atomic mass is 32.2. The van der Waals surface area contributed by atoms with Gasteiger partial charge in [-0.05, 0) is 38.4 Å². The van der Waals surface area contributed by atoms with Crippen molar-refractivity contribution in [3.63, 3.8) is 0 Å². The van der Waals surface area contributed by atoms with Crippen molar-refractivity contribution in [3.05, 3.63) is 24.2 Å². The molecule has 1 aliphatic carbocycles. The van der Waals surface area contributed by atoms with E-state index >= 15 is 0 Å².